The van der Waals surface area contributed by atoms with E-state index in [1.54, 1.807) is 6.20 Å². The molecule has 2 nitrogen and oxygen atoms in total. The van der Waals surface area contributed by atoms with Gasteiger partial charge in [-0.1, -0.05) is 19.2 Å². The van der Waals surface area contributed by atoms with Crippen molar-refractivity contribution in [2.45, 2.75) is 19.1 Å². The summed E-state index contributed by atoms with van der Waals surface area (Å²) >= 11 is 0. The van der Waals surface area contributed by atoms with Gasteiger partial charge in [0.1, 0.15) is 0 Å². The molecule has 0 aliphatic rings. The first kappa shape index (κ1) is 9.42. The Bertz CT molecular complexity index is 234. The first-order valence-electron chi connectivity index (χ1n) is 4.23. The van der Waals surface area contributed by atoms with Crippen molar-refractivity contribution in [3.8, 4) is 0 Å². The van der Waals surface area contributed by atoms with Crippen LogP contribution < -0.4 is 5.73 Å². The molecule has 0 fully saturated rings. The topological polar surface area (TPSA) is 38.9 Å². The van der Waals surface area contributed by atoms with Crippen LogP contribution in [-0.2, 0) is 6.04 Å². The molecule has 1 aromatic rings. The van der Waals surface area contributed by atoms with Gasteiger partial charge in [-0.3, -0.25) is 4.98 Å². The molecule has 2 N–H and O–H groups in total. The van der Waals surface area contributed by atoms with E-state index in [9.17, 15) is 0 Å². The van der Waals surface area contributed by atoms with Crippen LogP contribution in [0.5, 0.6) is 0 Å². The highest BCUT2D eigenvalue weighted by Crippen LogP contribution is 2.08. The summed E-state index contributed by atoms with van der Waals surface area (Å²) in [6, 6.07) is 5.24. The van der Waals surface area contributed by atoms with Crippen molar-refractivity contribution in [2.75, 3.05) is 6.17 Å². The smallest absolute Gasteiger partial charge is 0.0666 e. The molecule has 1 heterocycles. The monoisotopic (exact) mass is 180 g/mol. The molecule has 1 rings (SSSR count). The molecular formula is C9H16N2Si. The first-order valence-corrected chi connectivity index (χ1v) is 7.64. The summed E-state index contributed by atoms with van der Waals surface area (Å²) in [7, 11) is -1.18. The third-order valence-electron chi connectivity index (χ3n) is 1.96. The maximum atomic E-state index is 5.70. The fraction of sp³-hybridized carbons (Fsp3) is 0.444. The molecule has 0 spiro atoms. The molecule has 0 saturated carbocycles. The van der Waals surface area contributed by atoms with E-state index in [2.05, 4.69) is 24.1 Å². The number of nitrogens with zero attached hydrogens (tertiary/aromatic N) is 1. The Morgan fingerprint density at radius 2 is 2.25 bits per heavy atom. The van der Waals surface area contributed by atoms with Gasteiger partial charge in [0, 0.05) is 12.4 Å². The highest BCUT2D eigenvalue weighted by Gasteiger charge is 2.18. The third-order valence-corrected chi connectivity index (χ3v) is 4.43. The predicted octanol–water partition coefficient (Wildman–Crippen LogP) is 1.37. The Morgan fingerprint density at radius 3 is 2.75 bits per heavy atom. The highest BCUT2D eigenvalue weighted by atomic mass is 28.3. The molecule has 0 saturated heterocycles. The van der Waals surface area contributed by atoms with Gasteiger partial charge in [0.05, 0.1) is 8.07 Å². The summed E-state index contributed by atoms with van der Waals surface area (Å²) in [6.07, 6.45) is 4.59. The first-order chi connectivity index (χ1) is 5.64. The second-order valence-corrected chi connectivity index (χ2v) is 9.00. The van der Waals surface area contributed by atoms with Gasteiger partial charge in [-0.2, -0.15) is 0 Å². The van der Waals surface area contributed by atoms with Crippen LogP contribution in [0.3, 0.4) is 0 Å². The molecule has 3 heteroatoms. The summed E-state index contributed by atoms with van der Waals surface area (Å²) in [5.74, 6) is 0. The van der Waals surface area contributed by atoms with Crippen molar-refractivity contribution in [1.29, 1.82) is 0 Å². The zero-order chi connectivity index (χ0) is 9.03. The van der Waals surface area contributed by atoms with Crippen LogP contribution in [0.1, 0.15) is 5.56 Å². The number of aromatic nitrogens is 1. The lowest BCUT2D eigenvalue weighted by Crippen LogP contribution is -2.39. The Morgan fingerprint density at radius 1 is 1.50 bits per heavy atom. The quantitative estimate of drug-likeness (QED) is 0.714. The SMILES string of the molecule is C[Si](C)(CN)Cc1cccnc1. The number of rotatable bonds is 3. The van der Waals surface area contributed by atoms with E-state index in [1.807, 2.05) is 12.3 Å². The van der Waals surface area contributed by atoms with Gasteiger partial charge in [0.15, 0.2) is 0 Å². The second-order valence-electron chi connectivity index (χ2n) is 3.91. The van der Waals surface area contributed by atoms with E-state index in [0.29, 0.717) is 0 Å². The van der Waals surface area contributed by atoms with Gasteiger partial charge < -0.3 is 5.73 Å². The van der Waals surface area contributed by atoms with E-state index in [0.717, 1.165) is 12.2 Å². The van der Waals surface area contributed by atoms with E-state index in [4.69, 9.17) is 5.73 Å². The molecule has 0 aromatic carbocycles. The van der Waals surface area contributed by atoms with Crippen molar-refractivity contribution < 1.29 is 0 Å². The molecule has 0 amide bonds. The summed E-state index contributed by atoms with van der Waals surface area (Å²) in [6.45, 7) is 4.61. The van der Waals surface area contributed by atoms with Gasteiger partial charge >= 0.3 is 0 Å². The summed E-state index contributed by atoms with van der Waals surface area (Å²) in [5, 5.41) is 0. The molecule has 0 bridgehead atoms. The maximum Gasteiger partial charge on any atom is 0.0666 e. The molecule has 0 aliphatic carbocycles. The largest absolute Gasteiger partial charge is 0.333 e. The van der Waals surface area contributed by atoms with E-state index in [-0.39, 0.29) is 0 Å². The molecule has 0 atom stereocenters. The lowest BCUT2D eigenvalue weighted by Gasteiger charge is -2.19. The lowest BCUT2D eigenvalue weighted by atomic mass is 10.3. The number of pyridine rings is 1. The summed E-state index contributed by atoms with van der Waals surface area (Å²) < 4.78 is 0. The average molecular weight is 180 g/mol. The normalized spacial score (nSPS) is 11.6. The van der Waals surface area contributed by atoms with Crippen LogP contribution in [0, 0.1) is 0 Å². The van der Waals surface area contributed by atoms with Crippen LogP contribution in [0.15, 0.2) is 24.5 Å². The average Bonchev–Trinajstić information content (AvgIpc) is 2.06. The van der Waals surface area contributed by atoms with Crippen molar-refractivity contribution >= 4 is 8.07 Å². The minimum absolute atomic E-state index is 0.849. The summed E-state index contributed by atoms with van der Waals surface area (Å²) in [5.41, 5.74) is 7.01. The zero-order valence-electron chi connectivity index (χ0n) is 7.75. The highest BCUT2D eigenvalue weighted by molar-refractivity contribution is 6.77. The van der Waals surface area contributed by atoms with E-state index < -0.39 is 8.07 Å². The molecule has 12 heavy (non-hydrogen) atoms. The van der Waals surface area contributed by atoms with Crippen molar-refractivity contribution in [1.82, 2.24) is 4.98 Å². The lowest BCUT2D eigenvalue weighted by molar-refractivity contribution is 1.17. The van der Waals surface area contributed by atoms with Crippen LogP contribution >= 0.6 is 0 Å². The molecule has 1 aromatic heterocycles. The zero-order valence-corrected chi connectivity index (χ0v) is 8.75. The second kappa shape index (κ2) is 3.82. The van der Waals surface area contributed by atoms with E-state index in [1.165, 1.54) is 5.56 Å². The number of hydrogen-bond donors (Lipinski definition) is 1. The van der Waals surface area contributed by atoms with Gasteiger partial charge in [-0.25, -0.2) is 0 Å². The Kier molecular flexibility index (Phi) is 3.00. The summed E-state index contributed by atoms with van der Waals surface area (Å²) in [4.78, 5) is 4.08. The minimum Gasteiger partial charge on any atom is -0.333 e. The molecule has 0 unspecified atom stereocenters. The number of nitrogens with two attached hydrogens (primary N) is 1. The molecule has 0 radical (unpaired) electrons. The Balaban J connectivity index is 2.64. The van der Waals surface area contributed by atoms with Crippen LogP contribution in [-0.4, -0.2) is 19.2 Å². The van der Waals surface area contributed by atoms with Crippen LogP contribution in [0.25, 0.3) is 0 Å². The number of hydrogen-bond acceptors (Lipinski definition) is 2. The standard InChI is InChI=1S/C9H16N2Si/c1-12(2,8-10)7-9-4-3-5-11-6-9/h3-6H,7-8,10H2,1-2H3. The Hall–Kier alpha value is -0.673. The van der Waals surface area contributed by atoms with Crippen molar-refractivity contribution in [3.63, 3.8) is 0 Å². The van der Waals surface area contributed by atoms with E-state index >= 15 is 0 Å². The molecule has 66 valence electrons. The molecular weight excluding hydrogens is 164 g/mol. The van der Waals surface area contributed by atoms with Gasteiger partial charge in [0.25, 0.3) is 0 Å². The predicted molar refractivity (Wildman–Crippen MR) is 54.5 cm³/mol. The van der Waals surface area contributed by atoms with Crippen LogP contribution in [0.2, 0.25) is 13.1 Å². The fourth-order valence-corrected chi connectivity index (χ4v) is 2.59. The van der Waals surface area contributed by atoms with Gasteiger partial charge in [0.2, 0.25) is 0 Å². The van der Waals surface area contributed by atoms with Crippen molar-refractivity contribution in [2.24, 2.45) is 5.73 Å². The van der Waals surface area contributed by atoms with Crippen molar-refractivity contribution in [3.05, 3.63) is 30.1 Å². The van der Waals surface area contributed by atoms with Gasteiger partial charge in [-0.05, 0) is 23.8 Å². The van der Waals surface area contributed by atoms with Gasteiger partial charge in [-0.15, -0.1) is 0 Å². The molecule has 0 aliphatic heterocycles. The minimum atomic E-state index is -1.18. The fourth-order valence-electron chi connectivity index (χ4n) is 1.13. The van der Waals surface area contributed by atoms with Crippen LogP contribution in [0.4, 0.5) is 0 Å². The Labute approximate surface area is 74.8 Å². The maximum absolute atomic E-state index is 5.70. The third kappa shape index (κ3) is 2.75.